The molecule has 0 aromatic heterocycles. The molecule has 1 N–H and O–H groups in total. The molecule has 0 bridgehead atoms. The standard InChI is InChI=1S/C22H28N2O2/c1-4-23-21(25)20(15-18-11-7-5-8-12-18)24(22(26)17(2)3)16-19-13-9-6-10-14-19/h5-14,17,20H,4,15-16H2,1-3H3,(H,23,25)/t20-/m1/s1. The van der Waals surface area contributed by atoms with Crippen molar-refractivity contribution in [3.8, 4) is 0 Å². The number of benzene rings is 2. The molecule has 0 saturated carbocycles. The smallest absolute Gasteiger partial charge is 0.243 e. The number of rotatable bonds is 8. The first kappa shape index (κ1) is 19.7. The van der Waals surface area contributed by atoms with Crippen molar-refractivity contribution in [2.45, 2.75) is 39.8 Å². The molecule has 2 rings (SSSR count). The van der Waals surface area contributed by atoms with Gasteiger partial charge < -0.3 is 10.2 Å². The van der Waals surface area contributed by atoms with Crippen molar-refractivity contribution in [1.29, 1.82) is 0 Å². The Morgan fingerprint density at radius 1 is 0.923 bits per heavy atom. The van der Waals surface area contributed by atoms with Crippen LogP contribution in [-0.2, 0) is 22.6 Å². The van der Waals surface area contributed by atoms with E-state index in [0.29, 0.717) is 19.5 Å². The lowest BCUT2D eigenvalue weighted by atomic mass is 10.0. The van der Waals surface area contributed by atoms with Crippen molar-refractivity contribution in [3.05, 3.63) is 71.8 Å². The number of nitrogens with zero attached hydrogens (tertiary/aromatic N) is 1. The molecule has 0 aliphatic rings. The maximum absolute atomic E-state index is 12.9. The molecule has 1 atom stereocenters. The van der Waals surface area contributed by atoms with E-state index in [1.54, 1.807) is 4.90 Å². The molecule has 2 aromatic rings. The third kappa shape index (κ3) is 5.45. The van der Waals surface area contributed by atoms with Gasteiger partial charge in [-0.15, -0.1) is 0 Å². The molecule has 0 aliphatic carbocycles. The Labute approximate surface area is 156 Å². The van der Waals surface area contributed by atoms with E-state index in [4.69, 9.17) is 0 Å². The van der Waals surface area contributed by atoms with E-state index in [0.717, 1.165) is 11.1 Å². The molecule has 0 heterocycles. The second kappa shape index (κ2) is 9.76. The molecule has 0 aliphatic heterocycles. The lowest BCUT2D eigenvalue weighted by Gasteiger charge is -2.32. The largest absolute Gasteiger partial charge is 0.355 e. The van der Waals surface area contributed by atoms with Crippen molar-refractivity contribution in [3.63, 3.8) is 0 Å². The van der Waals surface area contributed by atoms with Crippen molar-refractivity contribution in [2.24, 2.45) is 5.92 Å². The zero-order valence-electron chi connectivity index (χ0n) is 15.8. The number of nitrogens with one attached hydrogen (secondary N) is 1. The fraction of sp³-hybridized carbons (Fsp3) is 0.364. The third-order valence-electron chi connectivity index (χ3n) is 4.27. The first-order chi connectivity index (χ1) is 12.5. The first-order valence-corrected chi connectivity index (χ1v) is 9.19. The number of likely N-dealkylation sites (N-methyl/N-ethyl adjacent to an activating group) is 1. The van der Waals surface area contributed by atoms with E-state index >= 15 is 0 Å². The zero-order valence-corrected chi connectivity index (χ0v) is 15.8. The van der Waals surface area contributed by atoms with Crippen molar-refractivity contribution in [1.82, 2.24) is 10.2 Å². The van der Waals surface area contributed by atoms with Crippen molar-refractivity contribution >= 4 is 11.8 Å². The van der Waals surface area contributed by atoms with Crippen LogP contribution < -0.4 is 5.32 Å². The minimum Gasteiger partial charge on any atom is -0.355 e. The predicted molar refractivity (Wildman–Crippen MR) is 104 cm³/mol. The third-order valence-corrected chi connectivity index (χ3v) is 4.27. The molecule has 0 radical (unpaired) electrons. The van der Waals surface area contributed by atoms with Crippen LogP contribution in [0.2, 0.25) is 0 Å². The Balaban J connectivity index is 2.35. The average molecular weight is 352 g/mol. The number of carbonyl (C=O) groups excluding carboxylic acids is 2. The van der Waals surface area contributed by atoms with E-state index < -0.39 is 6.04 Å². The summed E-state index contributed by atoms with van der Waals surface area (Å²) in [6.07, 6.45) is 0.498. The zero-order chi connectivity index (χ0) is 18.9. The number of amides is 2. The van der Waals surface area contributed by atoms with Crippen LogP contribution in [0.25, 0.3) is 0 Å². The van der Waals surface area contributed by atoms with E-state index in [2.05, 4.69) is 5.32 Å². The monoisotopic (exact) mass is 352 g/mol. The maximum atomic E-state index is 12.9. The highest BCUT2D eigenvalue weighted by atomic mass is 16.2. The van der Waals surface area contributed by atoms with Gasteiger partial charge in [0.15, 0.2) is 0 Å². The van der Waals surface area contributed by atoms with Gasteiger partial charge in [0.05, 0.1) is 0 Å². The number of hydrogen-bond acceptors (Lipinski definition) is 2. The van der Waals surface area contributed by atoms with E-state index in [1.807, 2.05) is 81.4 Å². The van der Waals surface area contributed by atoms with Gasteiger partial charge in [-0.05, 0) is 18.1 Å². The highest BCUT2D eigenvalue weighted by molar-refractivity contribution is 5.88. The van der Waals surface area contributed by atoms with Gasteiger partial charge in [-0.25, -0.2) is 0 Å². The van der Waals surface area contributed by atoms with Gasteiger partial charge >= 0.3 is 0 Å². The molecule has 4 heteroatoms. The number of hydrogen-bond donors (Lipinski definition) is 1. The quantitative estimate of drug-likeness (QED) is 0.791. The number of carbonyl (C=O) groups is 2. The van der Waals surface area contributed by atoms with Gasteiger partial charge in [0.25, 0.3) is 0 Å². The highest BCUT2D eigenvalue weighted by Crippen LogP contribution is 2.17. The second-order valence-electron chi connectivity index (χ2n) is 6.71. The summed E-state index contributed by atoms with van der Waals surface area (Å²) in [7, 11) is 0. The van der Waals surface area contributed by atoms with Gasteiger partial charge in [0.2, 0.25) is 11.8 Å². The Hall–Kier alpha value is -2.62. The van der Waals surface area contributed by atoms with E-state index in [-0.39, 0.29) is 17.7 Å². The van der Waals surface area contributed by atoms with Crippen molar-refractivity contribution < 1.29 is 9.59 Å². The molecule has 0 unspecified atom stereocenters. The van der Waals surface area contributed by atoms with Gasteiger partial charge in [-0.3, -0.25) is 9.59 Å². The molecule has 0 saturated heterocycles. The van der Waals surface area contributed by atoms with Crippen molar-refractivity contribution in [2.75, 3.05) is 6.54 Å². The average Bonchev–Trinajstić information content (AvgIpc) is 2.65. The van der Waals surface area contributed by atoms with Gasteiger partial charge in [-0.1, -0.05) is 74.5 Å². The van der Waals surface area contributed by atoms with Crippen LogP contribution in [0.3, 0.4) is 0 Å². The van der Waals surface area contributed by atoms with Crippen LogP contribution in [0, 0.1) is 5.92 Å². The summed E-state index contributed by atoms with van der Waals surface area (Å²) in [6, 6.07) is 19.1. The molecule has 0 fully saturated rings. The molecule has 0 spiro atoms. The van der Waals surface area contributed by atoms with E-state index in [9.17, 15) is 9.59 Å². The Morgan fingerprint density at radius 2 is 1.46 bits per heavy atom. The molecule has 4 nitrogen and oxygen atoms in total. The molecule has 138 valence electrons. The minimum absolute atomic E-state index is 0.0129. The van der Waals surface area contributed by atoms with Crippen LogP contribution in [0.5, 0.6) is 0 Å². The van der Waals surface area contributed by atoms with Gasteiger partial charge in [-0.2, -0.15) is 0 Å². The Bertz CT molecular complexity index is 699. The lowest BCUT2D eigenvalue weighted by Crippen LogP contribution is -2.51. The first-order valence-electron chi connectivity index (χ1n) is 9.19. The summed E-state index contributed by atoms with van der Waals surface area (Å²) in [4.78, 5) is 27.5. The summed E-state index contributed by atoms with van der Waals surface area (Å²) in [5.74, 6) is -0.297. The summed E-state index contributed by atoms with van der Waals surface area (Å²) in [5, 5.41) is 2.89. The minimum atomic E-state index is -0.535. The molecule has 2 aromatic carbocycles. The van der Waals surface area contributed by atoms with E-state index in [1.165, 1.54) is 0 Å². The highest BCUT2D eigenvalue weighted by Gasteiger charge is 2.31. The predicted octanol–water partition coefficient (Wildman–Crippen LogP) is 3.42. The fourth-order valence-electron chi connectivity index (χ4n) is 2.93. The second-order valence-corrected chi connectivity index (χ2v) is 6.71. The molecular weight excluding hydrogens is 324 g/mol. The maximum Gasteiger partial charge on any atom is 0.243 e. The summed E-state index contributed by atoms with van der Waals surface area (Å²) >= 11 is 0. The lowest BCUT2D eigenvalue weighted by molar-refractivity contribution is -0.143. The molecule has 2 amide bonds. The van der Waals surface area contributed by atoms with Crippen LogP contribution in [0.4, 0.5) is 0 Å². The summed E-state index contributed by atoms with van der Waals surface area (Å²) in [6.45, 7) is 6.60. The van der Waals surface area contributed by atoms with Crippen LogP contribution >= 0.6 is 0 Å². The normalized spacial score (nSPS) is 11.8. The van der Waals surface area contributed by atoms with Crippen LogP contribution in [0.1, 0.15) is 31.9 Å². The molecule has 26 heavy (non-hydrogen) atoms. The summed E-state index contributed by atoms with van der Waals surface area (Å²) < 4.78 is 0. The fourth-order valence-corrected chi connectivity index (χ4v) is 2.93. The SMILES string of the molecule is CCNC(=O)[C@@H](Cc1ccccc1)N(Cc1ccccc1)C(=O)C(C)C. The van der Waals surface area contributed by atoms with Gasteiger partial charge in [0.1, 0.15) is 6.04 Å². The Morgan fingerprint density at radius 3 is 1.96 bits per heavy atom. The topological polar surface area (TPSA) is 49.4 Å². The molecular formula is C22H28N2O2. The summed E-state index contributed by atoms with van der Waals surface area (Å²) in [5.41, 5.74) is 2.06. The Kier molecular flexibility index (Phi) is 7.39. The van der Waals surface area contributed by atoms with Gasteiger partial charge in [0, 0.05) is 25.4 Å². The van der Waals surface area contributed by atoms with Crippen LogP contribution in [-0.4, -0.2) is 29.3 Å². The van der Waals surface area contributed by atoms with Crippen LogP contribution in [0.15, 0.2) is 60.7 Å².